The zero-order valence-electron chi connectivity index (χ0n) is 7.75. The molecule has 0 spiro atoms. The van der Waals surface area contributed by atoms with Crippen molar-refractivity contribution in [2.75, 3.05) is 19.6 Å². The molecule has 3 heteroatoms. The van der Waals surface area contributed by atoms with Crippen molar-refractivity contribution in [3.05, 3.63) is 11.6 Å². The van der Waals surface area contributed by atoms with Crippen molar-refractivity contribution in [1.82, 2.24) is 4.90 Å². The monoisotopic (exact) mass is 201 g/mol. The second-order valence-electron chi connectivity index (χ2n) is 4.28. The van der Waals surface area contributed by atoms with Gasteiger partial charge in [0, 0.05) is 30.6 Å². The smallest absolute Gasteiger partial charge is 0.0583 e. The highest BCUT2D eigenvalue weighted by Gasteiger charge is 2.41. The number of rotatable bonds is 2. The van der Waals surface area contributed by atoms with Crippen molar-refractivity contribution in [2.45, 2.75) is 18.9 Å². The highest BCUT2D eigenvalue weighted by atomic mass is 35.5. The third-order valence-corrected chi connectivity index (χ3v) is 3.41. The van der Waals surface area contributed by atoms with Crippen LogP contribution in [-0.2, 0) is 0 Å². The summed E-state index contributed by atoms with van der Waals surface area (Å²) in [6.07, 6.45) is 2.10. The molecule has 1 saturated heterocycles. The number of likely N-dealkylation sites (tertiary alicyclic amines) is 1. The molecule has 0 aromatic carbocycles. The fourth-order valence-electron chi connectivity index (χ4n) is 2.70. The first-order chi connectivity index (χ1) is 6.16. The van der Waals surface area contributed by atoms with Crippen molar-refractivity contribution < 1.29 is 5.11 Å². The number of aliphatic hydroxyl groups is 1. The van der Waals surface area contributed by atoms with Gasteiger partial charge in [-0.1, -0.05) is 18.2 Å². The van der Waals surface area contributed by atoms with Gasteiger partial charge in [0.1, 0.15) is 0 Å². The van der Waals surface area contributed by atoms with E-state index >= 15 is 0 Å². The SMILES string of the molecule is C=C(Cl)CN1CC2CCC(O)C2C1. The van der Waals surface area contributed by atoms with Crippen LogP contribution in [0.15, 0.2) is 11.6 Å². The van der Waals surface area contributed by atoms with Gasteiger partial charge in [0.2, 0.25) is 0 Å². The van der Waals surface area contributed by atoms with Crippen molar-refractivity contribution in [3.8, 4) is 0 Å². The van der Waals surface area contributed by atoms with Crippen molar-refractivity contribution in [2.24, 2.45) is 11.8 Å². The molecule has 1 aliphatic carbocycles. The lowest BCUT2D eigenvalue weighted by atomic mass is 10.00. The van der Waals surface area contributed by atoms with E-state index < -0.39 is 0 Å². The van der Waals surface area contributed by atoms with Gasteiger partial charge in [-0.15, -0.1) is 0 Å². The minimum atomic E-state index is -0.0707. The van der Waals surface area contributed by atoms with Gasteiger partial charge in [-0.05, 0) is 18.8 Å². The largest absolute Gasteiger partial charge is 0.393 e. The first-order valence-corrected chi connectivity index (χ1v) is 5.28. The van der Waals surface area contributed by atoms with Crippen molar-refractivity contribution in [1.29, 1.82) is 0 Å². The molecule has 3 unspecified atom stereocenters. The molecule has 2 aliphatic rings. The zero-order chi connectivity index (χ0) is 9.42. The predicted octanol–water partition coefficient (Wildman–Crippen LogP) is 1.44. The van der Waals surface area contributed by atoms with E-state index in [1.807, 2.05) is 0 Å². The number of fused-ring (bicyclic) bond motifs is 1. The van der Waals surface area contributed by atoms with Gasteiger partial charge in [0.25, 0.3) is 0 Å². The fraction of sp³-hybridized carbons (Fsp3) is 0.800. The van der Waals surface area contributed by atoms with E-state index in [0.717, 1.165) is 26.1 Å². The first-order valence-electron chi connectivity index (χ1n) is 4.90. The Labute approximate surface area is 84.2 Å². The Kier molecular flexibility index (Phi) is 2.63. The van der Waals surface area contributed by atoms with Crippen LogP contribution in [0.5, 0.6) is 0 Å². The maximum absolute atomic E-state index is 9.67. The quantitative estimate of drug-likeness (QED) is 0.731. The van der Waals surface area contributed by atoms with E-state index in [1.54, 1.807) is 0 Å². The van der Waals surface area contributed by atoms with Gasteiger partial charge in [0.05, 0.1) is 6.10 Å². The number of aliphatic hydroxyl groups excluding tert-OH is 1. The summed E-state index contributed by atoms with van der Waals surface area (Å²) >= 11 is 5.75. The van der Waals surface area contributed by atoms with E-state index in [4.69, 9.17) is 11.6 Å². The van der Waals surface area contributed by atoms with Gasteiger partial charge >= 0.3 is 0 Å². The lowest BCUT2D eigenvalue weighted by Gasteiger charge is -2.16. The Morgan fingerprint density at radius 3 is 2.85 bits per heavy atom. The van der Waals surface area contributed by atoms with Gasteiger partial charge < -0.3 is 5.11 Å². The van der Waals surface area contributed by atoms with E-state index in [2.05, 4.69) is 11.5 Å². The van der Waals surface area contributed by atoms with Gasteiger partial charge in [0.15, 0.2) is 0 Å². The van der Waals surface area contributed by atoms with E-state index in [-0.39, 0.29) is 6.10 Å². The molecule has 1 heterocycles. The topological polar surface area (TPSA) is 23.5 Å². The van der Waals surface area contributed by atoms with Crippen LogP contribution in [0.1, 0.15) is 12.8 Å². The molecule has 3 atom stereocenters. The summed E-state index contributed by atoms with van der Waals surface area (Å²) in [5, 5.41) is 10.4. The molecule has 0 aromatic heterocycles. The summed E-state index contributed by atoms with van der Waals surface area (Å²) in [6, 6.07) is 0. The molecular weight excluding hydrogens is 186 g/mol. The molecule has 13 heavy (non-hydrogen) atoms. The second-order valence-corrected chi connectivity index (χ2v) is 4.81. The fourth-order valence-corrected chi connectivity index (χ4v) is 2.87. The normalized spacial score (nSPS) is 39.4. The Morgan fingerprint density at radius 1 is 1.46 bits per heavy atom. The van der Waals surface area contributed by atoms with Gasteiger partial charge in [-0.2, -0.15) is 0 Å². The maximum atomic E-state index is 9.67. The Bertz CT molecular complexity index is 219. The summed E-state index contributed by atoms with van der Waals surface area (Å²) in [6.45, 7) is 6.56. The van der Waals surface area contributed by atoms with Crippen molar-refractivity contribution in [3.63, 3.8) is 0 Å². The second kappa shape index (κ2) is 3.60. The Morgan fingerprint density at radius 2 is 2.23 bits per heavy atom. The van der Waals surface area contributed by atoms with Crippen LogP contribution in [0.3, 0.4) is 0 Å². The Balaban J connectivity index is 1.91. The summed E-state index contributed by atoms with van der Waals surface area (Å²) in [4.78, 5) is 2.30. The van der Waals surface area contributed by atoms with Crippen LogP contribution in [0.4, 0.5) is 0 Å². The van der Waals surface area contributed by atoms with Crippen LogP contribution in [0.25, 0.3) is 0 Å². The molecule has 0 radical (unpaired) electrons. The predicted molar refractivity (Wildman–Crippen MR) is 53.7 cm³/mol. The standard InChI is InChI=1S/C10H16ClNO/c1-7(11)4-12-5-8-2-3-10(13)9(8)6-12/h8-10,13H,1-6H2. The minimum Gasteiger partial charge on any atom is -0.393 e. The molecule has 0 amide bonds. The third-order valence-electron chi connectivity index (χ3n) is 3.29. The average Bonchev–Trinajstić information content (AvgIpc) is 2.53. The molecule has 2 rings (SSSR count). The van der Waals surface area contributed by atoms with Crippen LogP contribution >= 0.6 is 11.6 Å². The number of hydrogen-bond acceptors (Lipinski definition) is 2. The summed E-state index contributed by atoms with van der Waals surface area (Å²) in [7, 11) is 0. The molecule has 1 saturated carbocycles. The molecule has 2 fully saturated rings. The minimum absolute atomic E-state index is 0.0707. The number of hydrogen-bond donors (Lipinski definition) is 1. The van der Waals surface area contributed by atoms with E-state index in [0.29, 0.717) is 16.9 Å². The van der Waals surface area contributed by atoms with Gasteiger partial charge in [-0.25, -0.2) is 0 Å². The lowest BCUT2D eigenvalue weighted by Crippen LogP contribution is -2.25. The van der Waals surface area contributed by atoms with E-state index in [1.165, 1.54) is 6.42 Å². The molecule has 74 valence electrons. The van der Waals surface area contributed by atoms with Crippen LogP contribution in [0, 0.1) is 11.8 Å². The van der Waals surface area contributed by atoms with Crippen LogP contribution < -0.4 is 0 Å². The molecular formula is C10H16ClNO. The summed E-state index contributed by atoms with van der Waals surface area (Å²) in [5.41, 5.74) is 0. The lowest BCUT2D eigenvalue weighted by molar-refractivity contribution is 0.125. The van der Waals surface area contributed by atoms with Crippen molar-refractivity contribution >= 4 is 11.6 Å². The third kappa shape index (κ3) is 1.90. The van der Waals surface area contributed by atoms with Crippen LogP contribution in [-0.4, -0.2) is 35.7 Å². The molecule has 2 nitrogen and oxygen atoms in total. The van der Waals surface area contributed by atoms with Gasteiger partial charge in [-0.3, -0.25) is 4.90 Å². The molecule has 0 bridgehead atoms. The highest BCUT2D eigenvalue weighted by molar-refractivity contribution is 6.29. The molecule has 1 N–H and O–H groups in total. The highest BCUT2D eigenvalue weighted by Crippen LogP contribution is 2.38. The number of halogens is 1. The average molecular weight is 202 g/mol. The summed E-state index contributed by atoms with van der Waals surface area (Å²) < 4.78 is 0. The first kappa shape index (κ1) is 9.50. The molecule has 0 aromatic rings. The number of nitrogens with zero attached hydrogens (tertiary/aromatic N) is 1. The van der Waals surface area contributed by atoms with E-state index in [9.17, 15) is 5.11 Å². The zero-order valence-corrected chi connectivity index (χ0v) is 8.50. The maximum Gasteiger partial charge on any atom is 0.0583 e. The van der Waals surface area contributed by atoms with Crippen LogP contribution in [0.2, 0.25) is 0 Å². The summed E-state index contributed by atoms with van der Waals surface area (Å²) in [5.74, 6) is 1.20. The Hall–Kier alpha value is -0.0500. The molecule has 1 aliphatic heterocycles.